The molecule has 0 amide bonds. The quantitative estimate of drug-likeness (QED) is 0.806. The Labute approximate surface area is 114 Å². The van der Waals surface area contributed by atoms with Crippen molar-refractivity contribution in [2.45, 2.75) is 26.2 Å². The molecule has 0 atom stereocenters. The zero-order chi connectivity index (χ0) is 12.6. The van der Waals surface area contributed by atoms with Crippen LogP contribution in [0.25, 0.3) is 5.95 Å². The predicted molar refractivity (Wildman–Crippen MR) is 75.0 cm³/mol. The Balaban J connectivity index is 2.59. The smallest absolute Gasteiger partial charge is 0.252 e. The van der Waals surface area contributed by atoms with Gasteiger partial charge in [0.15, 0.2) is 0 Å². The summed E-state index contributed by atoms with van der Waals surface area (Å²) in [7, 11) is 0. The number of hydrogen-bond donors (Lipinski definition) is 1. The molecular formula is C11H14IN5. The summed E-state index contributed by atoms with van der Waals surface area (Å²) < 4.78 is 2.55. The van der Waals surface area contributed by atoms with Crippen molar-refractivity contribution >= 4 is 28.4 Å². The van der Waals surface area contributed by atoms with E-state index >= 15 is 0 Å². The van der Waals surface area contributed by atoms with Gasteiger partial charge in [-0.1, -0.05) is 20.8 Å². The molecule has 0 saturated carbocycles. The van der Waals surface area contributed by atoms with Gasteiger partial charge in [0.05, 0.1) is 9.26 Å². The number of aromatic nitrogens is 4. The predicted octanol–water partition coefficient (Wildman–Crippen LogP) is 2.15. The van der Waals surface area contributed by atoms with E-state index in [1.807, 2.05) is 0 Å². The highest BCUT2D eigenvalue weighted by molar-refractivity contribution is 14.1. The summed E-state index contributed by atoms with van der Waals surface area (Å²) in [6.07, 6.45) is 3.35. The lowest BCUT2D eigenvalue weighted by molar-refractivity contribution is 0.556. The standard InChI is InChI=1S/C11H14IN5/c1-11(2,3)8-7(12)9(13)17(16-8)10-14-5-4-6-15-10/h4-6H,13H2,1-3H3. The Kier molecular flexibility index (Phi) is 3.07. The Morgan fingerprint density at radius 3 is 2.29 bits per heavy atom. The van der Waals surface area contributed by atoms with E-state index in [0.717, 1.165) is 9.26 Å². The lowest BCUT2D eigenvalue weighted by Gasteiger charge is -2.15. The number of rotatable bonds is 1. The summed E-state index contributed by atoms with van der Waals surface area (Å²) in [4.78, 5) is 8.30. The van der Waals surface area contributed by atoms with Crippen LogP contribution < -0.4 is 5.73 Å². The number of nitrogens with zero attached hydrogens (tertiary/aromatic N) is 4. The Morgan fingerprint density at radius 1 is 1.24 bits per heavy atom. The number of halogens is 1. The van der Waals surface area contributed by atoms with Crippen LogP contribution >= 0.6 is 22.6 Å². The monoisotopic (exact) mass is 343 g/mol. The van der Waals surface area contributed by atoms with Crippen LogP contribution in [0.3, 0.4) is 0 Å². The van der Waals surface area contributed by atoms with Crippen LogP contribution in [-0.4, -0.2) is 19.7 Å². The maximum atomic E-state index is 6.05. The minimum absolute atomic E-state index is 0.0509. The first kappa shape index (κ1) is 12.3. The Bertz CT molecular complexity index is 527. The first-order valence-electron chi connectivity index (χ1n) is 5.23. The molecule has 2 aromatic rings. The number of hydrogen-bond acceptors (Lipinski definition) is 4. The highest BCUT2D eigenvalue weighted by Gasteiger charge is 2.25. The molecule has 2 rings (SSSR count). The minimum atomic E-state index is -0.0509. The lowest BCUT2D eigenvalue weighted by Crippen LogP contribution is -2.14. The number of nitrogens with two attached hydrogens (primary N) is 1. The molecule has 2 N–H and O–H groups in total. The van der Waals surface area contributed by atoms with E-state index in [1.54, 1.807) is 23.1 Å². The van der Waals surface area contributed by atoms with Crippen molar-refractivity contribution in [2.24, 2.45) is 0 Å². The van der Waals surface area contributed by atoms with E-state index in [0.29, 0.717) is 11.8 Å². The van der Waals surface area contributed by atoms with Gasteiger partial charge in [-0.2, -0.15) is 9.78 Å². The van der Waals surface area contributed by atoms with Crippen LogP contribution in [0.5, 0.6) is 0 Å². The maximum absolute atomic E-state index is 6.05. The van der Waals surface area contributed by atoms with E-state index in [9.17, 15) is 0 Å². The van der Waals surface area contributed by atoms with Crippen molar-refractivity contribution in [1.82, 2.24) is 19.7 Å². The van der Waals surface area contributed by atoms with Gasteiger partial charge in [0.1, 0.15) is 5.82 Å². The van der Waals surface area contributed by atoms with Crippen molar-refractivity contribution in [3.05, 3.63) is 27.7 Å². The van der Waals surface area contributed by atoms with Gasteiger partial charge in [-0.3, -0.25) is 0 Å². The lowest BCUT2D eigenvalue weighted by atomic mass is 9.92. The molecule has 0 aliphatic rings. The SMILES string of the molecule is CC(C)(C)c1nn(-c2ncccn2)c(N)c1I. The second-order valence-electron chi connectivity index (χ2n) is 4.76. The van der Waals surface area contributed by atoms with Crippen LogP contribution in [0, 0.1) is 3.57 Å². The summed E-state index contributed by atoms with van der Waals surface area (Å²) >= 11 is 2.21. The van der Waals surface area contributed by atoms with E-state index in [1.165, 1.54) is 0 Å². The summed E-state index contributed by atoms with van der Waals surface area (Å²) in [5, 5.41) is 4.51. The molecule has 17 heavy (non-hydrogen) atoms. The molecule has 0 radical (unpaired) electrons. The van der Waals surface area contributed by atoms with Crippen molar-refractivity contribution < 1.29 is 0 Å². The molecule has 0 unspecified atom stereocenters. The van der Waals surface area contributed by atoms with E-state index in [2.05, 4.69) is 58.4 Å². The van der Waals surface area contributed by atoms with E-state index in [-0.39, 0.29) is 5.41 Å². The van der Waals surface area contributed by atoms with Crippen molar-refractivity contribution in [2.75, 3.05) is 5.73 Å². The zero-order valence-electron chi connectivity index (χ0n) is 9.98. The molecule has 0 fully saturated rings. The van der Waals surface area contributed by atoms with E-state index < -0.39 is 0 Å². The number of nitrogen functional groups attached to an aromatic ring is 1. The normalized spacial score (nSPS) is 11.8. The third kappa shape index (κ3) is 2.26. The molecule has 0 spiro atoms. The molecule has 2 heterocycles. The average molecular weight is 343 g/mol. The van der Waals surface area contributed by atoms with Crippen molar-refractivity contribution in [1.29, 1.82) is 0 Å². The van der Waals surface area contributed by atoms with Crippen LogP contribution in [-0.2, 0) is 5.41 Å². The summed E-state index contributed by atoms with van der Waals surface area (Å²) in [6, 6.07) is 1.76. The van der Waals surface area contributed by atoms with Gasteiger partial charge in [-0.05, 0) is 28.7 Å². The number of anilines is 1. The molecule has 0 saturated heterocycles. The third-order valence-corrected chi connectivity index (χ3v) is 3.38. The molecule has 0 aliphatic heterocycles. The highest BCUT2D eigenvalue weighted by atomic mass is 127. The fraction of sp³-hybridized carbons (Fsp3) is 0.364. The zero-order valence-corrected chi connectivity index (χ0v) is 12.1. The topological polar surface area (TPSA) is 69.6 Å². The second-order valence-corrected chi connectivity index (χ2v) is 5.84. The molecule has 5 nitrogen and oxygen atoms in total. The minimum Gasteiger partial charge on any atom is -0.383 e. The maximum Gasteiger partial charge on any atom is 0.252 e. The third-order valence-electron chi connectivity index (χ3n) is 2.31. The summed E-state index contributed by atoms with van der Waals surface area (Å²) in [5.41, 5.74) is 6.96. The fourth-order valence-corrected chi connectivity index (χ4v) is 2.59. The fourth-order valence-electron chi connectivity index (χ4n) is 1.44. The first-order valence-corrected chi connectivity index (χ1v) is 6.31. The van der Waals surface area contributed by atoms with Crippen LogP contribution in [0.15, 0.2) is 18.5 Å². The molecule has 0 aromatic carbocycles. The van der Waals surface area contributed by atoms with Gasteiger partial charge >= 0.3 is 0 Å². The second kappa shape index (κ2) is 4.25. The van der Waals surface area contributed by atoms with Crippen LogP contribution in [0.2, 0.25) is 0 Å². The van der Waals surface area contributed by atoms with Crippen molar-refractivity contribution in [3.63, 3.8) is 0 Å². The van der Waals surface area contributed by atoms with Gasteiger partial charge in [-0.15, -0.1) is 0 Å². The molecule has 0 bridgehead atoms. The molecule has 2 aromatic heterocycles. The largest absolute Gasteiger partial charge is 0.383 e. The van der Waals surface area contributed by atoms with Crippen LogP contribution in [0.1, 0.15) is 26.5 Å². The Hall–Kier alpha value is -1.18. The highest BCUT2D eigenvalue weighted by Crippen LogP contribution is 2.30. The first-order chi connectivity index (χ1) is 7.91. The van der Waals surface area contributed by atoms with Gasteiger partial charge in [0.2, 0.25) is 0 Å². The van der Waals surface area contributed by atoms with E-state index in [4.69, 9.17) is 5.73 Å². The molecule has 90 valence electrons. The van der Waals surface area contributed by atoms with Crippen LogP contribution in [0.4, 0.5) is 5.82 Å². The van der Waals surface area contributed by atoms with Gasteiger partial charge < -0.3 is 5.73 Å². The molecule has 6 heteroatoms. The Morgan fingerprint density at radius 2 is 1.82 bits per heavy atom. The summed E-state index contributed by atoms with van der Waals surface area (Å²) in [5.74, 6) is 1.08. The van der Waals surface area contributed by atoms with Crippen molar-refractivity contribution in [3.8, 4) is 5.95 Å². The van der Waals surface area contributed by atoms with Gasteiger partial charge in [-0.25, -0.2) is 9.97 Å². The van der Waals surface area contributed by atoms with Gasteiger partial charge in [0, 0.05) is 17.8 Å². The van der Waals surface area contributed by atoms with Gasteiger partial charge in [0.25, 0.3) is 5.95 Å². The molecule has 0 aliphatic carbocycles. The molecular weight excluding hydrogens is 329 g/mol. The average Bonchev–Trinajstić information content (AvgIpc) is 2.57. The summed E-state index contributed by atoms with van der Waals surface area (Å²) in [6.45, 7) is 6.31.